The van der Waals surface area contributed by atoms with Crippen LogP contribution in [0.5, 0.6) is 0 Å². The quantitative estimate of drug-likeness (QED) is 0.659. The summed E-state index contributed by atoms with van der Waals surface area (Å²) in [6.07, 6.45) is 0. The molecule has 0 saturated heterocycles. The highest BCUT2D eigenvalue weighted by Crippen LogP contribution is 2.17. The standard InChI is InChI=1S/C18H27N5/c1-6-19-18(21-13(2)3)20-12-16-9-7-8-10-17(16)23-15(5)11-14(4)22-23/h7-11,13H,6,12H2,1-5H3,(H2,19,20,21). The first kappa shape index (κ1) is 17.1. The second kappa shape index (κ2) is 7.81. The second-order valence-corrected chi connectivity index (χ2v) is 5.96. The number of aromatic nitrogens is 2. The van der Waals surface area contributed by atoms with Gasteiger partial charge in [0.2, 0.25) is 0 Å². The molecule has 2 aromatic rings. The van der Waals surface area contributed by atoms with E-state index in [1.165, 1.54) is 0 Å². The molecule has 0 bridgehead atoms. The van der Waals surface area contributed by atoms with Gasteiger partial charge in [-0.1, -0.05) is 18.2 Å². The average Bonchev–Trinajstić information content (AvgIpc) is 2.83. The molecule has 2 rings (SSSR count). The van der Waals surface area contributed by atoms with Crippen LogP contribution < -0.4 is 10.6 Å². The summed E-state index contributed by atoms with van der Waals surface area (Å²) < 4.78 is 1.99. The summed E-state index contributed by atoms with van der Waals surface area (Å²) in [5.41, 5.74) is 4.39. The summed E-state index contributed by atoms with van der Waals surface area (Å²) in [5.74, 6) is 0.839. The summed E-state index contributed by atoms with van der Waals surface area (Å²) in [7, 11) is 0. The van der Waals surface area contributed by atoms with Gasteiger partial charge in [-0.05, 0) is 52.3 Å². The van der Waals surface area contributed by atoms with E-state index in [9.17, 15) is 0 Å². The summed E-state index contributed by atoms with van der Waals surface area (Å²) in [6, 6.07) is 10.7. The highest BCUT2D eigenvalue weighted by molar-refractivity contribution is 5.80. The minimum atomic E-state index is 0.346. The van der Waals surface area contributed by atoms with Crippen LogP contribution in [0.25, 0.3) is 5.69 Å². The highest BCUT2D eigenvalue weighted by atomic mass is 15.3. The molecule has 23 heavy (non-hydrogen) atoms. The molecule has 0 aliphatic heterocycles. The number of benzene rings is 1. The molecule has 0 spiro atoms. The van der Waals surface area contributed by atoms with Gasteiger partial charge in [-0.2, -0.15) is 5.10 Å². The third-order valence-corrected chi connectivity index (χ3v) is 3.41. The summed E-state index contributed by atoms with van der Waals surface area (Å²) in [5, 5.41) is 11.2. The zero-order valence-electron chi connectivity index (χ0n) is 14.7. The van der Waals surface area contributed by atoms with E-state index in [0.717, 1.165) is 35.1 Å². The minimum absolute atomic E-state index is 0.346. The Morgan fingerprint density at radius 3 is 2.61 bits per heavy atom. The van der Waals surface area contributed by atoms with Gasteiger partial charge in [0.05, 0.1) is 17.9 Å². The van der Waals surface area contributed by atoms with Crippen molar-refractivity contribution in [1.29, 1.82) is 0 Å². The van der Waals surface area contributed by atoms with Gasteiger partial charge in [-0.15, -0.1) is 0 Å². The molecule has 1 heterocycles. The molecule has 0 aliphatic rings. The van der Waals surface area contributed by atoms with Gasteiger partial charge < -0.3 is 10.6 Å². The fraction of sp³-hybridized carbons (Fsp3) is 0.444. The van der Waals surface area contributed by atoms with Crippen molar-refractivity contribution in [2.45, 2.75) is 47.2 Å². The van der Waals surface area contributed by atoms with E-state index in [0.29, 0.717) is 12.6 Å². The van der Waals surface area contributed by atoms with E-state index in [1.807, 2.05) is 23.7 Å². The molecule has 124 valence electrons. The largest absolute Gasteiger partial charge is 0.357 e. The normalized spacial score (nSPS) is 11.8. The molecule has 0 aliphatic carbocycles. The summed E-state index contributed by atoms with van der Waals surface area (Å²) in [4.78, 5) is 4.70. The van der Waals surface area contributed by atoms with Gasteiger partial charge in [0.1, 0.15) is 0 Å². The van der Waals surface area contributed by atoms with Crippen LogP contribution >= 0.6 is 0 Å². The Hall–Kier alpha value is -2.30. The third kappa shape index (κ3) is 4.58. The maximum Gasteiger partial charge on any atom is 0.191 e. The average molecular weight is 313 g/mol. The van der Waals surface area contributed by atoms with Crippen LogP contribution in [-0.2, 0) is 6.54 Å². The summed E-state index contributed by atoms with van der Waals surface area (Å²) >= 11 is 0. The van der Waals surface area contributed by atoms with Gasteiger partial charge in [-0.3, -0.25) is 0 Å². The first-order valence-corrected chi connectivity index (χ1v) is 8.17. The summed E-state index contributed by atoms with van der Waals surface area (Å²) in [6.45, 7) is 11.8. The van der Waals surface area contributed by atoms with Gasteiger partial charge in [0, 0.05) is 18.3 Å². The number of nitrogens with zero attached hydrogens (tertiary/aromatic N) is 3. The Balaban J connectivity index is 2.28. The van der Waals surface area contributed by atoms with Crippen LogP contribution in [0.15, 0.2) is 35.3 Å². The van der Waals surface area contributed by atoms with Crippen molar-refractivity contribution in [1.82, 2.24) is 20.4 Å². The molecule has 5 nitrogen and oxygen atoms in total. The van der Waals surface area contributed by atoms with E-state index in [2.05, 4.69) is 61.6 Å². The van der Waals surface area contributed by atoms with Crippen LogP contribution in [0.1, 0.15) is 37.7 Å². The molecular weight excluding hydrogens is 286 g/mol. The lowest BCUT2D eigenvalue weighted by Gasteiger charge is -2.15. The lowest BCUT2D eigenvalue weighted by Crippen LogP contribution is -2.41. The zero-order valence-corrected chi connectivity index (χ0v) is 14.7. The van der Waals surface area contributed by atoms with Gasteiger partial charge in [0.15, 0.2) is 5.96 Å². The topological polar surface area (TPSA) is 54.2 Å². The Morgan fingerprint density at radius 2 is 2.00 bits per heavy atom. The van der Waals surface area contributed by atoms with Crippen LogP contribution in [0.3, 0.4) is 0 Å². The third-order valence-electron chi connectivity index (χ3n) is 3.41. The maximum absolute atomic E-state index is 4.70. The fourth-order valence-corrected chi connectivity index (χ4v) is 2.48. The molecule has 0 unspecified atom stereocenters. The van der Waals surface area contributed by atoms with E-state index in [4.69, 9.17) is 4.99 Å². The van der Waals surface area contributed by atoms with Crippen LogP contribution in [-0.4, -0.2) is 28.3 Å². The molecule has 0 fully saturated rings. The lowest BCUT2D eigenvalue weighted by atomic mass is 10.2. The number of aliphatic imine (C=N–C) groups is 1. The number of nitrogens with one attached hydrogen (secondary N) is 2. The predicted molar refractivity (Wildman–Crippen MR) is 96.1 cm³/mol. The first-order valence-electron chi connectivity index (χ1n) is 8.17. The zero-order chi connectivity index (χ0) is 16.8. The number of rotatable bonds is 5. The Bertz CT molecular complexity index is 670. The SMILES string of the molecule is CCNC(=NCc1ccccc1-n1nc(C)cc1C)NC(C)C. The van der Waals surface area contributed by atoms with Crippen molar-refractivity contribution in [2.24, 2.45) is 4.99 Å². The van der Waals surface area contributed by atoms with Gasteiger partial charge in [-0.25, -0.2) is 9.67 Å². The number of para-hydroxylation sites is 1. The molecule has 1 aromatic carbocycles. The number of guanidine groups is 1. The molecule has 1 aromatic heterocycles. The van der Waals surface area contributed by atoms with E-state index >= 15 is 0 Å². The molecule has 0 radical (unpaired) electrons. The number of aryl methyl sites for hydroxylation is 2. The molecule has 0 saturated carbocycles. The minimum Gasteiger partial charge on any atom is -0.357 e. The van der Waals surface area contributed by atoms with Crippen LogP contribution in [0.4, 0.5) is 0 Å². The van der Waals surface area contributed by atoms with Crippen molar-refractivity contribution in [3.05, 3.63) is 47.3 Å². The molecule has 5 heteroatoms. The van der Waals surface area contributed by atoms with Crippen molar-refractivity contribution < 1.29 is 0 Å². The molecular formula is C18H27N5. The predicted octanol–water partition coefficient (Wildman–Crippen LogP) is 2.95. The van der Waals surface area contributed by atoms with Crippen LogP contribution in [0, 0.1) is 13.8 Å². The maximum atomic E-state index is 4.70. The Morgan fingerprint density at radius 1 is 1.26 bits per heavy atom. The number of hydrogen-bond acceptors (Lipinski definition) is 2. The Labute approximate surface area is 138 Å². The van der Waals surface area contributed by atoms with Gasteiger partial charge in [0.25, 0.3) is 0 Å². The molecule has 2 N–H and O–H groups in total. The van der Waals surface area contributed by atoms with Crippen LogP contribution in [0.2, 0.25) is 0 Å². The molecule has 0 atom stereocenters. The van der Waals surface area contributed by atoms with Crippen molar-refractivity contribution in [3.8, 4) is 5.69 Å². The van der Waals surface area contributed by atoms with Crippen molar-refractivity contribution in [2.75, 3.05) is 6.54 Å². The van der Waals surface area contributed by atoms with Crippen molar-refractivity contribution in [3.63, 3.8) is 0 Å². The van der Waals surface area contributed by atoms with E-state index < -0.39 is 0 Å². The fourth-order valence-electron chi connectivity index (χ4n) is 2.48. The smallest absolute Gasteiger partial charge is 0.191 e. The van der Waals surface area contributed by atoms with E-state index in [-0.39, 0.29) is 0 Å². The lowest BCUT2D eigenvalue weighted by molar-refractivity contribution is 0.700. The second-order valence-electron chi connectivity index (χ2n) is 5.96. The van der Waals surface area contributed by atoms with Crippen molar-refractivity contribution >= 4 is 5.96 Å². The number of hydrogen-bond donors (Lipinski definition) is 2. The van der Waals surface area contributed by atoms with E-state index in [1.54, 1.807) is 0 Å². The molecule has 0 amide bonds. The van der Waals surface area contributed by atoms with Gasteiger partial charge >= 0.3 is 0 Å². The highest BCUT2D eigenvalue weighted by Gasteiger charge is 2.08. The first-order chi connectivity index (χ1) is 11.0. The monoisotopic (exact) mass is 313 g/mol. The Kier molecular flexibility index (Phi) is 5.79.